The molecule has 0 radical (unpaired) electrons. The maximum atomic E-state index is 12.3. The third-order valence-corrected chi connectivity index (χ3v) is 2.26. The number of hydrogen-bond donors (Lipinski definition) is 0. The van der Waals surface area contributed by atoms with Gasteiger partial charge in [0.15, 0.2) is 0 Å². The molecule has 16 heavy (non-hydrogen) atoms. The Hall–Kier alpha value is -1.25. The van der Waals surface area contributed by atoms with E-state index in [1.54, 1.807) is 0 Å². The van der Waals surface area contributed by atoms with Crippen LogP contribution in [0.5, 0.6) is 0 Å². The summed E-state index contributed by atoms with van der Waals surface area (Å²) in [5.41, 5.74) is 0.314. The number of halogens is 3. The summed E-state index contributed by atoms with van der Waals surface area (Å²) < 4.78 is 36.8. The van der Waals surface area contributed by atoms with Gasteiger partial charge >= 0.3 is 6.18 Å². The number of allylic oxidation sites excluding steroid dienone is 2. The maximum absolute atomic E-state index is 12.3. The topological polar surface area (TPSA) is 0 Å². The summed E-state index contributed by atoms with van der Waals surface area (Å²) in [6.45, 7) is 2.09. The van der Waals surface area contributed by atoms with Gasteiger partial charge in [0.2, 0.25) is 0 Å². The predicted octanol–water partition coefficient (Wildman–Crippen LogP) is 4.60. The summed E-state index contributed by atoms with van der Waals surface area (Å²) in [6, 6.07) is 5.31. The maximum Gasteiger partial charge on any atom is 0.416 e. The van der Waals surface area contributed by atoms with E-state index in [1.807, 2.05) is 6.08 Å². The summed E-state index contributed by atoms with van der Waals surface area (Å²) in [5, 5.41) is 0. The number of alkyl halides is 3. The largest absolute Gasteiger partial charge is 0.416 e. The van der Waals surface area contributed by atoms with E-state index < -0.39 is 11.7 Å². The van der Waals surface area contributed by atoms with Crippen LogP contribution < -0.4 is 0 Å². The van der Waals surface area contributed by atoms with E-state index in [1.165, 1.54) is 12.1 Å². The van der Waals surface area contributed by atoms with E-state index in [2.05, 4.69) is 13.0 Å². The fourth-order valence-corrected chi connectivity index (χ4v) is 1.33. The van der Waals surface area contributed by atoms with Crippen molar-refractivity contribution in [1.82, 2.24) is 0 Å². The van der Waals surface area contributed by atoms with Crippen LogP contribution >= 0.6 is 0 Å². The van der Waals surface area contributed by atoms with Crippen molar-refractivity contribution in [2.45, 2.75) is 32.4 Å². The van der Waals surface area contributed by atoms with Gasteiger partial charge in [-0.25, -0.2) is 0 Å². The molecule has 0 fully saturated rings. The summed E-state index contributed by atoms with van der Waals surface area (Å²) in [4.78, 5) is 0. The lowest BCUT2D eigenvalue weighted by molar-refractivity contribution is -0.137. The number of benzene rings is 1. The van der Waals surface area contributed by atoms with Gasteiger partial charge in [-0.1, -0.05) is 37.6 Å². The highest BCUT2D eigenvalue weighted by molar-refractivity contribution is 5.25. The Labute approximate surface area is 93.8 Å². The van der Waals surface area contributed by atoms with Gasteiger partial charge < -0.3 is 0 Å². The van der Waals surface area contributed by atoms with Crippen LogP contribution in [0.1, 0.15) is 30.9 Å². The van der Waals surface area contributed by atoms with E-state index in [0.717, 1.165) is 30.5 Å². The second kappa shape index (κ2) is 5.73. The second-order valence-electron chi connectivity index (χ2n) is 3.66. The molecule has 0 aliphatic carbocycles. The molecule has 1 rings (SSSR count). The van der Waals surface area contributed by atoms with Crippen molar-refractivity contribution in [1.29, 1.82) is 0 Å². The van der Waals surface area contributed by atoms with E-state index in [-0.39, 0.29) is 0 Å². The lowest BCUT2D eigenvalue weighted by Crippen LogP contribution is -2.04. The van der Waals surface area contributed by atoms with Crippen LogP contribution in [0.25, 0.3) is 0 Å². The Morgan fingerprint density at radius 1 is 1.06 bits per heavy atom. The Balaban J connectivity index is 2.58. The molecule has 0 saturated heterocycles. The fraction of sp³-hybridized carbons (Fsp3) is 0.385. The Kier molecular flexibility index (Phi) is 4.59. The number of unbranched alkanes of at least 4 members (excludes halogenated alkanes) is 1. The predicted molar refractivity (Wildman–Crippen MR) is 59.2 cm³/mol. The molecule has 1 aromatic carbocycles. The van der Waals surface area contributed by atoms with Gasteiger partial charge in [-0.05, 0) is 30.5 Å². The number of rotatable bonds is 4. The van der Waals surface area contributed by atoms with Crippen LogP contribution in [0.4, 0.5) is 13.2 Å². The zero-order valence-corrected chi connectivity index (χ0v) is 9.22. The zero-order chi connectivity index (χ0) is 12.0. The van der Waals surface area contributed by atoms with Gasteiger partial charge in [0.25, 0.3) is 0 Å². The average Bonchev–Trinajstić information content (AvgIpc) is 2.24. The summed E-state index contributed by atoms with van der Waals surface area (Å²) >= 11 is 0. The van der Waals surface area contributed by atoms with Crippen LogP contribution in [-0.4, -0.2) is 0 Å². The lowest BCUT2D eigenvalue weighted by atomic mass is 10.1. The van der Waals surface area contributed by atoms with Crippen molar-refractivity contribution in [3.05, 3.63) is 47.5 Å². The Morgan fingerprint density at radius 2 is 1.69 bits per heavy atom. The fourth-order valence-electron chi connectivity index (χ4n) is 1.33. The molecule has 3 heteroatoms. The van der Waals surface area contributed by atoms with Crippen LogP contribution in [0.2, 0.25) is 0 Å². The molecule has 0 heterocycles. The quantitative estimate of drug-likeness (QED) is 0.660. The first-order chi connectivity index (χ1) is 7.54. The zero-order valence-electron chi connectivity index (χ0n) is 9.22. The third-order valence-electron chi connectivity index (χ3n) is 2.26. The van der Waals surface area contributed by atoms with Crippen molar-refractivity contribution >= 4 is 0 Å². The summed E-state index contributed by atoms with van der Waals surface area (Å²) in [7, 11) is 0. The molecule has 0 aromatic heterocycles. The van der Waals surface area contributed by atoms with Crippen LogP contribution in [0.15, 0.2) is 36.4 Å². The molecular formula is C13H15F3. The van der Waals surface area contributed by atoms with E-state index in [9.17, 15) is 13.2 Å². The Bertz CT molecular complexity index is 333. The smallest absolute Gasteiger partial charge is 0.166 e. The van der Waals surface area contributed by atoms with Crippen LogP contribution in [-0.2, 0) is 12.6 Å². The van der Waals surface area contributed by atoms with E-state index in [0.29, 0.717) is 6.42 Å². The van der Waals surface area contributed by atoms with Gasteiger partial charge in [0, 0.05) is 0 Å². The monoisotopic (exact) mass is 228 g/mol. The molecule has 0 aliphatic rings. The van der Waals surface area contributed by atoms with Gasteiger partial charge in [0.1, 0.15) is 0 Å². The molecule has 0 nitrogen and oxygen atoms in total. The average molecular weight is 228 g/mol. The van der Waals surface area contributed by atoms with Crippen molar-refractivity contribution in [2.75, 3.05) is 0 Å². The van der Waals surface area contributed by atoms with E-state index in [4.69, 9.17) is 0 Å². The van der Waals surface area contributed by atoms with Crippen LogP contribution in [0, 0.1) is 0 Å². The normalized spacial score (nSPS) is 12.2. The lowest BCUT2D eigenvalue weighted by Gasteiger charge is -2.06. The first-order valence-electron chi connectivity index (χ1n) is 5.35. The van der Waals surface area contributed by atoms with Gasteiger partial charge in [0.05, 0.1) is 5.56 Å². The van der Waals surface area contributed by atoms with Crippen molar-refractivity contribution in [3.63, 3.8) is 0 Å². The minimum Gasteiger partial charge on any atom is -0.166 e. The molecule has 0 amide bonds. The highest BCUT2D eigenvalue weighted by Gasteiger charge is 2.29. The van der Waals surface area contributed by atoms with Crippen molar-refractivity contribution in [3.8, 4) is 0 Å². The molecule has 0 saturated carbocycles. The molecule has 1 aromatic rings. The molecular weight excluding hydrogens is 213 g/mol. The first-order valence-corrected chi connectivity index (χ1v) is 5.35. The van der Waals surface area contributed by atoms with E-state index >= 15 is 0 Å². The Morgan fingerprint density at radius 3 is 2.19 bits per heavy atom. The SMILES string of the molecule is CCC/C=C/Cc1ccc(C(F)(F)F)cc1. The van der Waals surface area contributed by atoms with Gasteiger partial charge in [-0.3, -0.25) is 0 Å². The van der Waals surface area contributed by atoms with Gasteiger partial charge in [-0.2, -0.15) is 13.2 Å². The molecule has 0 spiro atoms. The third kappa shape index (κ3) is 4.09. The standard InChI is InChI=1S/C13H15F3/c1-2-3-4-5-6-11-7-9-12(10-8-11)13(14,15)16/h4-5,7-10H,2-3,6H2,1H3/b5-4+. The summed E-state index contributed by atoms with van der Waals surface area (Å²) in [5.74, 6) is 0. The van der Waals surface area contributed by atoms with Gasteiger partial charge in [-0.15, -0.1) is 0 Å². The summed E-state index contributed by atoms with van der Waals surface area (Å²) in [6.07, 6.45) is 2.60. The minimum absolute atomic E-state index is 0.589. The number of hydrogen-bond acceptors (Lipinski definition) is 0. The molecule has 0 aliphatic heterocycles. The molecule has 0 N–H and O–H groups in total. The highest BCUT2D eigenvalue weighted by Crippen LogP contribution is 2.29. The van der Waals surface area contributed by atoms with Crippen LogP contribution in [0.3, 0.4) is 0 Å². The first kappa shape index (κ1) is 12.8. The molecule has 88 valence electrons. The highest BCUT2D eigenvalue weighted by atomic mass is 19.4. The second-order valence-corrected chi connectivity index (χ2v) is 3.66. The van der Waals surface area contributed by atoms with Crippen molar-refractivity contribution in [2.24, 2.45) is 0 Å². The molecule has 0 unspecified atom stereocenters. The van der Waals surface area contributed by atoms with Crippen molar-refractivity contribution < 1.29 is 13.2 Å². The molecule has 0 atom stereocenters. The minimum atomic E-state index is -4.24. The molecule has 0 bridgehead atoms.